The molecule has 0 radical (unpaired) electrons. The number of aromatic hydroxyl groups is 1. The van der Waals surface area contributed by atoms with Crippen molar-refractivity contribution in [2.24, 2.45) is 0 Å². The molecule has 5 nitrogen and oxygen atoms in total. The molecule has 0 aliphatic heterocycles. The first-order valence-corrected chi connectivity index (χ1v) is 5.99. The van der Waals surface area contributed by atoms with E-state index in [1.165, 1.54) is 0 Å². The van der Waals surface area contributed by atoms with Gasteiger partial charge in [-0.2, -0.15) is 0 Å². The summed E-state index contributed by atoms with van der Waals surface area (Å²) < 4.78 is 9.97. The third-order valence-electron chi connectivity index (χ3n) is 1.98. The largest absolute Gasteiger partial charge is 0.508 e. The Morgan fingerprint density at radius 2 is 1.95 bits per heavy atom. The molecule has 0 aliphatic rings. The summed E-state index contributed by atoms with van der Waals surface area (Å²) in [7, 11) is 1.59. The number of benzene rings is 1. The fourth-order valence-corrected chi connectivity index (χ4v) is 1.29. The molecule has 6 heteroatoms. The molecule has 0 amide bonds. The minimum Gasteiger partial charge on any atom is -0.508 e. The van der Waals surface area contributed by atoms with Gasteiger partial charge < -0.3 is 25.2 Å². The molecular formula is C13H16N2O3S. The Labute approximate surface area is 117 Å². The minimum atomic E-state index is 0.211. The van der Waals surface area contributed by atoms with Crippen LogP contribution < -0.4 is 10.6 Å². The van der Waals surface area contributed by atoms with Crippen LogP contribution in [0, 0.1) is 11.8 Å². The molecule has 0 atom stereocenters. The number of nitrogens with one attached hydrogen (secondary N) is 2. The van der Waals surface area contributed by atoms with E-state index in [1.807, 2.05) is 0 Å². The quantitative estimate of drug-likeness (QED) is 0.248. The van der Waals surface area contributed by atoms with Crippen LogP contribution in [0.1, 0.15) is 0 Å². The lowest BCUT2D eigenvalue weighted by molar-refractivity contribution is 0.161. The van der Waals surface area contributed by atoms with Gasteiger partial charge >= 0.3 is 0 Å². The molecule has 1 aromatic carbocycles. The molecule has 3 N–H and O–H groups in total. The maximum Gasteiger partial charge on any atom is 0.172 e. The zero-order valence-electron chi connectivity index (χ0n) is 10.6. The second-order valence-corrected chi connectivity index (χ2v) is 3.87. The highest BCUT2D eigenvalue weighted by Gasteiger charge is 1.96. The molecule has 0 saturated carbocycles. The Kier molecular flexibility index (Phi) is 7.35. The number of anilines is 1. The summed E-state index contributed by atoms with van der Waals surface area (Å²) in [4.78, 5) is 0. The number of rotatable bonds is 5. The van der Waals surface area contributed by atoms with Gasteiger partial charge in [-0.05, 0) is 36.5 Å². The number of phenolic OH excluding ortho intramolecular Hbond substituents is 1. The van der Waals surface area contributed by atoms with Gasteiger partial charge in [0.15, 0.2) is 5.11 Å². The first-order chi connectivity index (χ1) is 9.22. The summed E-state index contributed by atoms with van der Waals surface area (Å²) in [5.41, 5.74) is 0.787. The standard InChI is InChI=1S/C13H16N2O3S/c1-17-8-2-3-9-18-10-14-13(19)15-11-4-6-12(16)7-5-11/h4-7,16H,8-10H2,1H3,(H2,14,15,19). The van der Waals surface area contributed by atoms with Crippen molar-refractivity contribution in [2.45, 2.75) is 0 Å². The zero-order valence-corrected chi connectivity index (χ0v) is 11.4. The third-order valence-corrected chi connectivity index (χ3v) is 2.22. The molecule has 0 heterocycles. The molecule has 0 aromatic heterocycles. The molecule has 0 unspecified atom stereocenters. The van der Waals surface area contributed by atoms with Gasteiger partial charge in [-0.3, -0.25) is 0 Å². The second-order valence-electron chi connectivity index (χ2n) is 3.46. The first-order valence-electron chi connectivity index (χ1n) is 5.58. The fourth-order valence-electron chi connectivity index (χ4n) is 1.11. The predicted molar refractivity (Wildman–Crippen MR) is 77.9 cm³/mol. The van der Waals surface area contributed by atoms with Crippen LogP contribution in [0.5, 0.6) is 5.75 Å². The average molecular weight is 280 g/mol. The van der Waals surface area contributed by atoms with Crippen molar-refractivity contribution in [3.8, 4) is 17.6 Å². The summed E-state index contributed by atoms with van der Waals surface area (Å²) in [5, 5.41) is 15.4. The third kappa shape index (κ3) is 7.26. The van der Waals surface area contributed by atoms with Crippen LogP contribution in [-0.2, 0) is 9.47 Å². The van der Waals surface area contributed by atoms with Crippen LogP contribution in [0.15, 0.2) is 24.3 Å². The number of hydrogen-bond acceptors (Lipinski definition) is 4. The lowest BCUT2D eigenvalue weighted by atomic mass is 10.3. The Morgan fingerprint density at radius 1 is 1.26 bits per heavy atom. The zero-order chi connectivity index (χ0) is 13.9. The monoisotopic (exact) mass is 280 g/mol. The normalized spacial score (nSPS) is 9.32. The van der Waals surface area contributed by atoms with Crippen molar-refractivity contribution in [3.63, 3.8) is 0 Å². The van der Waals surface area contributed by atoms with E-state index in [0.29, 0.717) is 18.3 Å². The Hall–Kier alpha value is -1.81. The van der Waals surface area contributed by atoms with E-state index in [9.17, 15) is 0 Å². The summed E-state index contributed by atoms with van der Waals surface area (Å²) >= 11 is 5.07. The van der Waals surface area contributed by atoms with Crippen LogP contribution in [0.25, 0.3) is 0 Å². The summed E-state index contributed by atoms with van der Waals surface area (Å²) in [5.74, 6) is 5.77. The fraction of sp³-hybridized carbons (Fsp3) is 0.308. The Bertz CT molecular complexity index is 451. The lowest BCUT2D eigenvalue weighted by Gasteiger charge is -2.09. The van der Waals surface area contributed by atoms with Crippen molar-refractivity contribution < 1.29 is 14.6 Å². The Morgan fingerprint density at radius 3 is 2.63 bits per heavy atom. The summed E-state index contributed by atoms with van der Waals surface area (Å²) in [6.07, 6.45) is 0. The van der Waals surface area contributed by atoms with Gasteiger partial charge in [0.05, 0.1) is 0 Å². The van der Waals surface area contributed by atoms with E-state index in [-0.39, 0.29) is 12.5 Å². The van der Waals surface area contributed by atoms with Crippen LogP contribution >= 0.6 is 12.2 Å². The van der Waals surface area contributed by atoms with Gasteiger partial charge in [-0.1, -0.05) is 11.8 Å². The summed E-state index contributed by atoms with van der Waals surface area (Å²) in [6.45, 7) is 0.987. The van der Waals surface area contributed by atoms with Crippen molar-refractivity contribution in [1.29, 1.82) is 0 Å². The highest BCUT2D eigenvalue weighted by molar-refractivity contribution is 7.80. The Balaban J connectivity index is 2.15. The molecule has 102 valence electrons. The molecule has 1 aromatic rings. The maximum atomic E-state index is 9.13. The number of thiocarbonyl (C=S) groups is 1. The molecule has 0 saturated heterocycles. The van der Waals surface area contributed by atoms with Crippen molar-refractivity contribution >= 4 is 23.0 Å². The SMILES string of the molecule is COCC#CCOCNC(=S)Nc1ccc(O)cc1. The molecular weight excluding hydrogens is 264 g/mol. The molecule has 0 aliphatic carbocycles. The van der Waals surface area contributed by atoms with E-state index in [2.05, 4.69) is 22.5 Å². The first kappa shape index (κ1) is 15.2. The maximum absolute atomic E-state index is 9.13. The number of ether oxygens (including phenoxy) is 2. The lowest BCUT2D eigenvalue weighted by Crippen LogP contribution is -2.30. The molecule has 0 fully saturated rings. The van der Waals surface area contributed by atoms with Gasteiger partial charge in [0.1, 0.15) is 25.7 Å². The van der Waals surface area contributed by atoms with Crippen LogP contribution in [-0.4, -0.2) is 37.3 Å². The van der Waals surface area contributed by atoms with E-state index < -0.39 is 0 Å². The minimum absolute atomic E-state index is 0.211. The van der Waals surface area contributed by atoms with Gasteiger partial charge in [-0.15, -0.1) is 0 Å². The van der Waals surface area contributed by atoms with Gasteiger partial charge in [0, 0.05) is 12.8 Å². The van der Waals surface area contributed by atoms with Gasteiger partial charge in [-0.25, -0.2) is 0 Å². The second kappa shape index (κ2) is 9.16. The van der Waals surface area contributed by atoms with Crippen molar-refractivity contribution in [1.82, 2.24) is 5.32 Å². The number of methoxy groups -OCH3 is 1. The molecule has 0 bridgehead atoms. The van der Waals surface area contributed by atoms with E-state index in [1.54, 1.807) is 31.4 Å². The smallest absolute Gasteiger partial charge is 0.172 e. The highest BCUT2D eigenvalue weighted by Crippen LogP contribution is 2.13. The number of hydrogen-bond donors (Lipinski definition) is 3. The van der Waals surface area contributed by atoms with Crippen LogP contribution in [0.2, 0.25) is 0 Å². The van der Waals surface area contributed by atoms with Crippen LogP contribution in [0.3, 0.4) is 0 Å². The van der Waals surface area contributed by atoms with Crippen molar-refractivity contribution in [2.75, 3.05) is 32.4 Å². The van der Waals surface area contributed by atoms with E-state index in [0.717, 1.165) is 5.69 Å². The van der Waals surface area contributed by atoms with Gasteiger partial charge in [0.25, 0.3) is 0 Å². The number of phenols is 1. The van der Waals surface area contributed by atoms with Gasteiger partial charge in [0.2, 0.25) is 0 Å². The highest BCUT2D eigenvalue weighted by atomic mass is 32.1. The topological polar surface area (TPSA) is 62.8 Å². The molecule has 19 heavy (non-hydrogen) atoms. The molecule has 1 rings (SSSR count). The van der Waals surface area contributed by atoms with E-state index in [4.69, 9.17) is 26.8 Å². The van der Waals surface area contributed by atoms with E-state index >= 15 is 0 Å². The molecule has 0 spiro atoms. The van der Waals surface area contributed by atoms with Crippen LogP contribution in [0.4, 0.5) is 5.69 Å². The predicted octanol–water partition coefficient (Wildman–Crippen LogP) is 1.30. The summed E-state index contributed by atoms with van der Waals surface area (Å²) in [6, 6.07) is 6.60. The van der Waals surface area contributed by atoms with Crippen molar-refractivity contribution in [3.05, 3.63) is 24.3 Å². The average Bonchev–Trinajstić information content (AvgIpc) is 2.40.